The molecule has 11 heteroatoms. The first kappa shape index (κ1) is 17.8. The molecule has 2 atom stereocenters. The highest BCUT2D eigenvalue weighted by molar-refractivity contribution is 8.00. The molecule has 3 rings (SSSR count). The third-order valence-electron chi connectivity index (χ3n) is 3.69. The Morgan fingerprint density at radius 3 is 2.92 bits per heavy atom. The maximum absolute atomic E-state index is 12.4. The standard InChI is InChI=1S/C14H13ClN4O4S2/c15-2-1-6-4-24-12-9(11(21)19(12)10(6)13(22)23)18-8(20)3-7-5-25-14(16)17-7/h1-2,5,9,12H,3-4H2,(H2,16,17)(H,18,20)(H,22,23)/t9?,12-/m0/s1. The van der Waals surface area contributed by atoms with Crippen LogP contribution in [0.5, 0.6) is 0 Å². The Hall–Kier alpha value is -2.04. The molecule has 2 aliphatic rings. The van der Waals surface area contributed by atoms with Gasteiger partial charge in [-0.3, -0.25) is 14.5 Å². The molecule has 4 N–H and O–H groups in total. The van der Waals surface area contributed by atoms with Gasteiger partial charge in [0, 0.05) is 16.7 Å². The summed E-state index contributed by atoms with van der Waals surface area (Å²) in [4.78, 5) is 41.2. The van der Waals surface area contributed by atoms with Gasteiger partial charge in [-0.2, -0.15) is 0 Å². The fraction of sp³-hybridized carbons (Fsp3) is 0.286. The van der Waals surface area contributed by atoms with E-state index in [1.54, 1.807) is 5.38 Å². The summed E-state index contributed by atoms with van der Waals surface area (Å²) in [7, 11) is 0. The molecule has 0 aliphatic carbocycles. The number of anilines is 1. The molecule has 1 fully saturated rings. The van der Waals surface area contributed by atoms with Gasteiger partial charge in [-0.1, -0.05) is 11.6 Å². The quantitative estimate of drug-likeness (QED) is 0.623. The number of thiazole rings is 1. The minimum Gasteiger partial charge on any atom is -0.477 e. The molecule has 132 valence electrons. The number of carbonyl (C=O) groups excluding carboxylic acids is 2. The number of nitrogens with one attached hydrogen (secondary N) is 1. The fourth-order valence-electron chi connectivity index (χ4n) is 2.64. The van der Waals surface area contributed by atoms with Crippen molar-refractivity contribution in [1.82, 2.24) is 15.2 Å². The molecule has 0 spiro atoms. The Morgan fingerprint density at radius 2 is 2.32 bits per heavy atom. The van der Waals surface area contributed by atoms with Gasteiger partial charge in [-0.05, 0) is 11.6 Å². The Bertz CT molecular complexity index is 807. The van der Waals surface area contributed by atoms with Crippen molar-refractivity contribution >= 4 is 57.6 Å². The predicted molar refractivity (Wildman–Crippen MR) is 94.9 cm³/mol. The SMILES string of the molecule is Nc1nc(CC(=O)NC2C(=O)N3C(C(=O)O)=C(C=CCl)CS[C@@H]23)cs1. The largest absolute Gasteiger partial charge is 0.477 e. The Labute approximate surface area is 155 Å². The number of thioether (sulfide) groups is 1. The second kappa shape index (κ2) is 7.06. The molecule has 1 aromatic rings. The predicted octanol–water partition coefficient (Wildman–Crippen LogP) is 0.759. The average molecular weight is 401 g/mol. The van der Waals surface area contributed by atoms with Gasteiger partial charge in [0.1, 0.15) is 17.1 Å². The van der Waals surface area contributed by atoms with Crippen LogP contribution in [0.3, 0.4) is 0 Å². The number of fused-ring (bicyclic) bond motifs is 1. The maximum atomic E-state index is 12.4. The van der Waals surface area contributed by atoms with Gasteiger partial charge in [0.15, 0.2) is 5.13 Å². The number of nitrogen functional groups attached to an aromatic ring is 1. The smallest absolute Gasteiger partial charge is 0.352 e. The molecule has 1 aromatic heterocycles. The molecule has 1 saturated heterocycles. The van der Waals surface area contributed by atoms with Crippen molar-refractivity contribution in [3.05, 3.63) is 34.0 Å². The number of rotatable bonds is 5. The van der Waals surface area contributed by atoms with Gasteiger partial charge in [0.25, 0.3) is 5.91 Å². The molecule has 2 amide bonds. The number of carboxylic acid groups (broad SMARTS) is 1. The van der Waals surface area contributed by atoms with Crippen LogP contribution >= 0.6 is 34.7 Å². The summed E-state index contributed by atoms with van der Waals surface area (Å²) in [5.74, 6) is -1.64. The van der Waals surface area contributed by atoms with Crippen LogP contribution in [0.1, 0.15) is 5.69 Å². The summed E-state index contributed by atoms with van der Waals surface area (Å²) in [5.41, 5.74) is 7.62. The van der Waals surface area contributed by atoms with Crippen LogP contribution in [0.2, 0.25) is 0 Å². The van der Waals surface area contributed by atoms with E-state index in [1.165, 1.54) is 39.6 Å². The second-order valence-electron chi connectivity index (χ2n) is 5.28. The van der Waals surface area contributed by atoms with Crippen molar-refractivity contribution in [1.29, 1.82) is 0 Å². The van der Waals surface area contributed by atoms with Crippen LogP contribution in [0, 0.1) is 0 Å². The molecule has 0 radical (unpaired) electrons. The fourth-order valence-corrected chi connectivity index (χ4v) is 4.67. The minimum absolute atomic E-state index is 0.0106. The summed E-state index contributed by atoms with van der Waals surface area (Å²) in [6.45, 7) is 0. The number of aliphatic carboxylic acids is 1. The third-order valence-corrected chi connectivity index (χ3v) is 5.84. The van der Waals surface area contributed by atoms with Crippen molar-refractivity contribution in [3.8, 4) is 0 Å². The number of carbonyl (C=O) groups is 3. The number of hydrogen-bond donors (Lipinski definition) is 3. The number of nitrogens with zero attached hydrogens (tertiary/aromatic N) is 2. The zero-order chi connectivity index (χ0) is 18.1. The monoisotopic (exact) mass is 400 g/mol. The average Bonchev–Trinajstić information content (AvgIpc) is 2.97. The van der Waals surface area contributed by atoms with E-state index in [4.69, 9.17) is 17.3 Å². The van der Waals surface area contributed by atoms with Crippen LogP contribution in [0.15, 0.2) is 28.3 Å². The summed E-state index contributed by atoms with van der Waals surface area (Å²) in [6, 6.07) is -0.760. The van der Waals surface area contributed by atoms with Crippen LogP contribution in [-0.4, -0.2) is 49.9 Å². The van der Waals surface area contributed by atoms with E-state index in [1.807, 2.05) is 0 Å². The molecular formula is C14H13ClN4O4S2. The molecule has 0 bridgehead atoms. The van der Waals surface area contributed by atoms with Gasteiger partial charge in [-0.15, -0.1) is 23.1 Å². The van der Waals surface area contributed by atoms with Gasteiger partial charge < -0.3 is 16.2 Å². The highest BCUT2D eigenvalue weighted by Gasteiger charge is 2.53. The van der Waals surface area contributed by atoms with Gasteiger partial charge in [0.2, 0.25) is 5.91 Å². The Kier molecular flexibility index (Phi) is 5.02. The molecular weight excluding hydrogens is 388 g/mol. The first-order chi connectivity index (χ1) is 11.9. The van der Waals surface area contributed by atoms with E-state index in [2.05, 4.69) is 10.3 Å². The van der Waals surface area contributed by atoms with Crippen LogP contribution in [0.25, 0.3) is 0 Å². The van der Waals surface area contributed by atoms with Crippen LogP contribution < -0.4 is 11.1 Å². The zero-order valence-corrected chi connectivity index (χ0v) is 15.0. The number of allylic oxidation sites excluding steroid dienone is 1. The molecule has 3 heterocycles. The topological polar surface area (TPSA) is 126 Å². The van der Waals surface area contributed by atoms with E-state index >= 15 is 0 Å². The highest BCUT2D eigenvalue weighted by Crippen LogP contribution is 2.40. The Balaban J connectivity index is 1.70. The van der Waals surface area contributed by atoms with Crippen molar-refractivity contribution in [2.24, 2.45) is 0 Å². The number of aromatic nitrogens is 1. The summed E-state index contributed by atoms with van der Waals surface area (Å²) in [6.07, 6.45) is 1.47. The highest BCUT2D eigenvalue weighted by atomic mass is 35.5. The molecule has 0 saturated carbocycles. The molecule has 8 nitrogen and oxygen atoms in total. The Morgan fingerprint density at radius 1 is 1.56 bits per heavy atom. The van der Waals surface area contributed by atoms with Gasteiger partial charge >= 0.3 is 5.97 Å². The molecule has 25 heavy (non-hydrogen) atoms. The number of halogens is 1. The minimum atomic E-state index is -1.20. The lowest BCUT2D eigenvalue weighted by molar-refractivity contribution is -0.150. The molecule has 2 aliphatic heterocycles. The summed E-state index contributed by atoms with van der Waals surface area (Å²) >= 11 is 8.13. The number of amides is 2. The normalized spacial score (nSPS) is 22.8. The number of hydrogen-bond acceptors (Lipinski definition) is 7. The maximum Gasteiger partial charge on any atom is 0.352 e. The van der Waals surface area contributed by atoms with Gasteiger partial charge in [-0.25, -0.2) is 9.78 Å². The zero-order valence-electron chi connectivity index (χ0n) is 12.6. The van der Waals surface area contributed by atoms with Crippen molar-refractivity contribution in [2.45, 2.75) is 17.8 Å². The van der Waals surface area contributed by atoms with E-state index in [9.17, 15) is 19.5 Å². The molecule has 1 unspecified atom stereocenters. The number of β-lactam (4-membered cyclic amide) rings is 1. The lowest BCUT2D eigenvalue weighted by atomic mass is 10.0. The lowest BCUT2D eigenvalue weighted by Crippen LogP contribution is -2.70. The number of nitrogens with two attached hydrogens (primary N) is 1. The van der Waals surface area contributed by atoms with Crippen molar-refractivity contribution < 1.29 is 19.5 Å². The van der Waals surface area contributed by atoms with E-state index in [-0.39, 0.29) is 18.0 Å². The summed E-state index contributed by atoms with van der Waals surface area (Å²) < 4.78 is 0. The van der Waals surface area contributed by atoms with Gasteiger partial charge in [0.05, 0.1) is 12.1 Å². The van der Waals surface area contributed by atoms with Crippen LogP contribution in [0.4, 0.5) is 5.13 Å². The molecule has 0 aromatic carbocycles. The van der Waals surface area contributed by atoms with E-state index in [0.717, 1.165) is 0 Å². The first-order valence-electron chi connectivity index (χ1n) is 7.09. The van der Waals surface area contributed by atoms with E-state index in [0.29, 0.717) is 22.2 Å². The summed E-state index contributed by atoms with van der Waals surface area (Å²) in [5, 5.41) is 13.6. The first-order valence-corrected chi connectivity index (χ1v) is 9.46. The van der Waals surface area contributed by atoms with E-state index < -0.39 is 23.3 Å². The second-order valence-corrected chi connectivity index (χ2v) is 7.53. The van der Waals surface area contributed by atoms with Crippen molar-refractivity contribution in [3.63, 3.8) is 0 Å². The lowest BCUT2D eigenvalue weighted by Gasteiger charge is -2.49. The van der Waals surface area contributed by atoms with Crippen LogP contribution in [-0.2, 0) is 20.8 Å². The van der Waals surface area contributed by atoms with Crippen molar-refractivity contribution in [2.75, 3.05) is 11.5 Å². The third kappa shape index (κ3) is 3.37. The number of carboxylic acids is 1.